The third-order valence-corrected chi connectivity index (χ3v) is 2.58. The molecule has 0 aromatic heterocycles. The molecule has 0 spiro atoms. The van der Waals surface area contributed by atoms with E-state index >= 15 is 0 Å². The van der Waals surface area contributed by atoms with Crippen molar-refractivity contribution in [2.75, 3.05) is 18.2 Å². The quantitative estimate of drug-likeness (QED) is 0.593. The van der Waals surface area contributed by atoms with Gasteiger partial charge in [-0.2, -0.15) is 0 Å². The number of nitrogens with two attached hydrogens (primary N) is 2. The highest BCUT2D eigenvalue weighted by atomic mass is 16.2. The Morgan fingerprint density at radius 1 is 1.24 bits per heavy atom. The minimum atomic E-state index is -0.0362. The summed E-state index contributed by atoms with van der Waals surface area (Å²) in [6.45, 7) is 5.41. The van der Waals surface area contributed by atoms with E-state index in [1.165, 1.54) is 0 Å². The van der Waals surface area contributed by atoms with Gasteiger partial charge < -0.3 is 4.90 Å². The highest BCUT2D eigenvalue weighted by Gasteiger charge is 2.17. The minimum absolute atomic E-state index is 0.0362. The van der Waals surface area contributed by atoms with Crippen LogP contribution in [0.5, 0.6) is 0 Å². The second kappa shape index (κ2) is 6.22. The van der Waals surface area contributed by atoms with Gasteiger partial charge in [-0.15, -0.1) is 0 Å². The summed E-state index contributed by atoms with van der Waals surface area (Å²) in [6.07, 6.45) is 0.927. The van der Waals surface area contributed by atoms with Crippen LogP contribution in [-0.2, 0) is 0 Å². The number of hydrazine groups is 2. The van der Waals surface area contributed by atoms with Crippen LogP contribution in [0.15, 0.2) is 24.3 Å². The number of amides is 1. The molecule has 0 aliphatic carbocycles. The topological polar surface area (TPSA) is 75.6 Å². The van der Waals surface area contributed by atoms with Crippen LogP contribution < -0.4 is 16.8 Å². The van der Waals surface area contributed by atoms with Crippen molar-refractivity contribution in [3.8, 4) is 0 Å². The summed E-state index contributed by atoms with van der Waals surface area (Å²) in [6, 6.07) is 7.07. The maximum Gasteiger partial charge on any atom is 0.256 e. The highest BCUT2D eigenvalue weighted by Crippen LogP contribution is 2.18. The molecule has 0 saturated carbocycles. The Kier molecular flexibility index (Phi) is 4.93. The van der Waals surface area contributed by atoms with Crippen LogP contribution >= 0.6 is 0 Å². The van der Waals surface area contributed by atoms with Crippen LogP contribution in [0.3, 0.4) is 0 Å². The molecule has 0 unspecified atom stereocenters. The van der Waals surface area contributed by atoms with Crippen molar-refractivity contribution in [2.45, 2.75) is 20.3 Å². The number of hydrogen-bond acceptors (Lipinski definition) is 4. The SMILES string of the molecule is CCCN(CC)C(=O)c1ccccc1N(N)N. The normalized spacial score (nSPS) is 10.1. The molecule has 5 nitrogen and oxygen atoms in total. The standard InChI is InChI=1S/C12H20N4O/c1-3-9-15(4-2)12(17)10-7-5-6-8-11(10)16(13)14/h5-8H,3-4,9,13-14H2,1-2H3. The number of hydrogen-bond donors (Lipinski definition) is 2. The molecule has 1 aromatic carbocycles. The van der Waals surface area contributed by atoms with E-state index in [1.54, 1.807) is 29.2 Å². The molecule has 0 saturated heterocycles. The van der Waals surface area contributed by atoms with E-state index in [1.807, 2.05) is 13.8 Å². The maximum atomic E-state index is 12.3. The number of rotatable bonds is 5. The van der Waals surface area contributed by atoms with Crippen LogP contribution in [0.1, 0.15) is 30.6 Å². The van der Waals surface area contributed by atoms with Gasteiger partial charge in [-0.05, 0) is 25.5 Å². The van der Waals surface area contributed by atoms with Gasteiger partial charge in [0.05, 0.1) is 11.3 Å². The van der Waals surface area contributed by atoms with Crippen LogP contribution in [0.25, 0.3) is 0 Å². The fourth-order valence-corrected chi connectivity index (χ4v) is 1.72. The lowest BCUT2D eigenvalue weighted by molar-refractivity contribution is 0.0765. The monoisotopic (exact) mass is 236 g/mol. The highest BCUT2D eigenvalue weighted by molar-refractivity contribution is 5.99. The second-order valence-corrected chi connectivity index (χ2v) is 3.81. The van der Waals surface area contributed by atoms with Crippen molar-refractivity contribution < 1.29 is 4.79 Å². The number of carbonyl (C=O) groups excluding carboxylic acids is 1. The van der Waals surface area contributed by atoms with Crippen molar-refractivity contribution in [3.05, 3.63) is 29.8 Å². The second-order valence-electron chi connectivity index (χ2n) is 3.81. The van der Waals surface area contributed by atoms with Crippen molar-refractivity contribution in [3.63, 3.8) is 0 Å². The first-order valence-electron chi connectivity index (χ1n) is 5.79. The molecule has 17 heavy (non-hydrogen) atoms. The lowest BCUT2D eigenvalue weighted by atomic mass is 10.1. The third kappa shape index (κ3) is 3.18. The van der Waals surface area contributed by atoms with Crippen molar-refractivity contribution in [2.24, 2.45) is 11.7 Å². The van der Waals surface area contributed by atoms with Gasteiger partial charge in [0.1, 0.15) is 0 Å². The summed E-state index contributed by atoms with van der Waals surface area (Å²) in [7, 11) is 0. The first-order chi connectivity index (χ1) is 8.11. The molecular formula is C12H20N4O. The number of carbonyl (C=O) groups is 1. The van der Waals surface area contributed by atoms with Gasteiger partial charge in [-0.1, -0.05) is 19.1 Å². The molecule has 0 radical (unpaired) electrons. The van der Waals surface area contributed by atoms with Gasteiger partial charge >= 0.3 is 0 Å². The molecule has 0 bridgehead atoms. The zero-order valence-corrected chi connectivity index (χ0v) is 10.4. The summed E-state index contributed by atoms with van der Waals surface area (Å²) < 4.78 is 0. The largest absolute Gasteiger partial charge is 0.339 e. The number of para-hydroxylation sites is 1. The Bertz CT molecular complexity index is 379. The summed E-state index contributed by atoms with van der Waals surface area (Å²) in [5.74, 6) is 11.0. The molecule has 4 N–H and O–H groups in total. The van der Waals surface area contributed by atoms with Crippen LogP contribution in [0.4, 0.5) is 5.69 Å². The van der Waals surface area contributed by atoms with E-state index in [-0.39, 0.29) is 5.91 Å². The van der Waals surface area contributed by atoms with Gasteiger partial charge in [-0.25, -0.2) is 16.8 Å². The van der Waals surface area contributed by atoms with Gasteiger partial charge in [-0.3, -0.25) is 4.79 Å². The Labute approximate surface area is 102 Å². The zero-order valence-electron chi connectivity index (χ0n) is 10.4. The van der Waals surface area contributed by atoms with Crippen LogP contribution in [-0.4, -0.2) is 23.9 Å². The average Bonchev–Trinajstić information content (AvgIpc) is 2.35. The molecule has 1 rings (SSSR count). The van der Waals surface area contributed by atoms with E-state index in [9.17, 15) is 4.79 Å². The van der Waals surface area contributed by atoms with E-state index < -0.39 is 0 Å². The Hall–Kier alpha value is -1.59. The third-order valence-electron chi connectivity index (χ3n) is 2.58. The summed E-state index contributed by atoms with van der Waals surface area (Å²) in [4.78, 5) is 14.1. The smallest absolute Gasteiger partial charge is 0.256 e. The summed E-state index contributed by atoms with van der Waals surface area (Å²) in [5.41, 5.74) is 1.07. The maximum absolute atomic E-state index is 12.3. The number of anilines is 1. The van der Waals surface area contributed by atoms with Gasteiger partial charge in [0.25, 0.3) is 5.91 Å². The molecule has 94 valence electrons. The Balaban J connectivity index is 3.02. The number of nitrogens with zero attached hydrogens (tertiary/aromatic N) is 2. The molecule has 1 aromatic rings. The predicted octanol–water partition coefficient (Wildman–Crippen LogP) is 1.11. The van der Waals surface area contributed by atoms with Crippen molar-refractivity contribution in [1.82, 2.24) is 4.90 Å². The molecule has 5 heteroatoms. The zero-order chi connectivity index (χ0) is 12.8. The van der Waals surface area contributed by atoms with Gasteiger partial charge in [0, 0.05) is 13.1 Å². The fourth-order valence-electron chi connectivity index (χ4n) is 1.72. The van der Waals surface area contributed by atoms with E-state index in [4.69, 9.17) is 11.7 Å². The predicted molar refractivity (Wildman–Crippen MR) is 69.2 cm³/mol. The molecule has 0 aliphatic heterocycles. The Morgan fingerprint density at radius 3 is 2.41 bits per heavy atom. The molecule has 0 aliphatic rings. The van der Waals surface area contributed by atoms with Crippen molar-refractivity contribution in [1.29, 1.82) is 0 Å². The minimum Gasteiger partial charge on any atom is -0.339 e. The van der Waals surface area contributed by atoms with Crippen LogP contribution in [0.2, 0.25) is 0 Å². The molecule has 0 fully saturated rings. The molecular weight excluding hydrogens is 216 g/mol. The molecule has 1 amide bonds. The van der Waals surface area contributed by atoms with Crippen molar-refractivity contribution >= 4 is 11.6 Å². The van der Waals surface area contributed by atoms with E-state index in [0.29, 0.717) is 17.8 Å². The first-order valence-corrected chi connectivity index (χ1v) is 5.79. The molecule has 0 atom stereocenters. The van der Waals surface area contributed by atoms with Crippen LogP contribution in [0, 0.1) is 0 Å². The number of benzene rings is 1. The van der Waals surface area contributed by atoms with Gasteiger partial charge in [0.2, 0.25) is 0 Å². The summed E-state index contributed by atoms with van der Waals surface area (Å²) >= 11 is 0. The van der Waals surface area contributed by atoms with E-state index in [2.05, 4.69) is 0 Å². The average molecular weight is 236 g/mol. The van der Waals surface area contributed by atoms with E-state index in [0.717, 1.165) is 18.1 Å². The Morgan fingerprint density at radius 2 is 1.88 bits per heavy atom. The summed E-state index contributed by atoms with van der Waals surface area (Å²) in [5, 5.41) is 0.979. The molecule has 0 heterocycles. The lowest BCUT2D eigenvalue weighted by Crippen LogP contribution is -2.40. The first kappa shape index (κ1) is 13.5. The fraction of sp³-hybridized carbons (Fsp3) is 0.417. The lowest BCUT2D eigenvalue weighted by Gasteiger charge is -2.23. The van der Waals surface area contributed by atoms with Gasteiger partial charge in [0.15, 0.2) is 0 Å².